The second-order valence-electron chi connectivity index (χ2n) is 8.12. The molecule has 0 amide bonds. The smallest absolute Gasteiger partial charge is 0.340 e. The average molecular weight is 411 g/mol. The molecule has 3 aromatic rings. The number of hydrogen-bond acceptors (Lipinski definition) is 4. The summed E-state index contributed by atoms with van der Waals surface area (Å²) >= 11 is 0. The summed E-state index contributed by atoms with van der Waals surface area (Å²) in [6, 6.07) is 0.450. The minimum absolute atomic E-state index is 0.0657. The van der Waals surface area contributed by atoms with Gasteiger partial charge in [0.2, 0.25) is 5.95 Å². The first-order valence-corrected chi connectivity index (χ1v) is 8.90. The maximum Gasteiger partial charge on any atom is 0.419 e. The Labute approximate surface area is 163 Å². The highest BCUT2D eigenvalue weighted by Gasteiger charge is 2.38. The van der Waals surface area contributed by atoms with Crippen LogP contribution in [0.4, 0.5) is 27.9 Å². The number of alkyl halides is 3. The number of nitrogens with zero attached hydrogens (tertiary/aromatic N) is 5. The molecule has 5 nitrogen and oxygen atoms in total. The highest BCUT2D eigenvalue weighted by atomic mass is 19.4. The SMILES string of the molecule is Cc1c(F)c(-c2nn(C)c3nc(N4CC(C)(C)C4)ncc23)cc(C(F)(F)F)c1F. The molecule has 29 heavy (non-hydrogen) atoms. The summed E-state index contributed by atoms with van der Waals surface area (Å²) in [6.45, 7) is 6.73. The topological polar surface area (TPSA) is 46.8 Å². The zero-order valence-corrected chi connectivity index (χ0v) is 16.2. The van der Waals surface area contributed by atoms with E-state index in [-0.39, 0.29) is 16.5 Å². The molecule has 3 heterocycles. The van der Waals surface area contributed by atoms with Gasteiger partial charge >= 0.3 is 6.18 Å². The first kappa shape index (κ1) is 19.5. The van der Waals surface area contributed by atoms with Crippen molar-refractivity contribution in [2.24, 2.45) is 12.5 Å². The molecule has 0 radical (unpaired) electrons. The average Bonchev–Trinajstić information content (AvgIpc) is 2.93. The summed E-state index contributed by atoms with van der Waals surface area (Å²) in [6.07, 6.45) is -3.55. The van der Waals surface area contributed by atoms with Gasteiger partial charge in [-0.25, -0.2) is 18.4 Å². The summed E-state index contributed by atoms with van der Waals surface area (Å²) in [5, 5.41) is 4.44. The number of halogens is 5. The second kappa shape index (κ2) is 6.11. The van der Waals surface area contributed by atoms with Crippen molar-refractivity contribution in [1.29, 1.82) is 0 Å². The number of fused-ring (bicyclic) bond motifs is 1. The van der Waals surface area contributed by atoms with Gasteiger partial charge in [-0.3, -0.25) is 0 Å². The first-order chi connectivity index (χ1) is 13.4. The van der Waals surface area contributed by atoms with Crippen LogP contribution in [0.2, 0.25) is 0 Å². The molecule has 1 aromatic carbocycles. The Bertz CT molecular complexity index is 1120. The molecular formula is C19H18F5N5. The molecule has 0 N–H and O–H groups in total. The zero-order valence-electron chi connectivity index (χ0n) is 16.2. The van der Waals surface area contributed by atoms with Crippen LogP contribution in [0.25, 0.3) is 22.3 Å². The van der Waals surface area contributed by atoms with Gasteiger partial charge in [-0.05, 0) is 18.4 Å². The number of aryl methyl sites for hydroxylation is 1. The van der Waals surface area contributed by atoms with Crippen LogP contribution in [-0.2, 0) is 13.2 Å². The molecule has 154 valence electrons. The Balaban J connectivity index is 1.86. The summed E-state index contributed by atoms with van der Waals surface area (Å²) in [7, 11) is 1.56. The molecule has 0 saturated carbocycles. The molecule has 0 bridgehead atoms. The molecule has 0 aliphatic carbocycles. The Hall–Kier alpha value is -2.78. The highest BCUT2D eigenvalue weighted by Crippen LogP contribution is 2.39. The van der Waals surface area contributed by atoms with E-state index in [0.29, 0.717) is 17.7 Å². The number of aromatic nitrogens is 4. The number of rotatable bonds is 2. The van der Waals surface area contributed by atoms with Gasteiger partial charge < -0.3 is 4.90 Å². The van der Waals surface area contributed by atoms with Gasteiger partial charge in [-0.2, -0.15) is 23.3 Å². The van der Waals surface area contributed by atoms with Crippen LogP contribution >= 0.6 is 0 Å². The van der Waals surface area contributed by atoms with Crippen molar-refractivity contribution in [3.8, 4) is 11.3 Å². The van der Waals surface area contributed by atoms with Crippen LogP contribution in [0, 0.1) is 24.0 Å². The van der Waals surface area contributed by atoms with Gasteiger partial charge in [0, 0.05) is 37.5 Å². The van der Waals surface area contributed by atoms with Gasteiger partial charge in [0.1, 0.15) is 17.3 Å². The lowest BCUT2D eigenvalue weighted by Gasteiger charge is -2.45. The lowest BCUT2D eigenvalue weighted by molar-refractivity contribution is -0.140. The van der Waals surface area contributed by atoms with Crippen molar-refractivity contribution in [3.63, 3.8) is 0 Å². The highest BCUT2D eigenvalue weighted by molar-refractivity contribution is 5.91. The summed E-state index contributed by atoms with van der Waals surface area (Å²) in [4.78, 5) is 10.7. The van der Waals surface area contributed by atoms with E-state index in [2.05, 4.69) is 28.9 Å². The van der Waals surface area contributed by atoms with Gasteiger partial charge in [-0.1, -0.05) is 13.8 Å². The van der Waals surface area contributed by atoms with E-state index in [1.54, 1.807) is 7.05 Å². The zero-order chi connectivity index (χ0) is 21.3. The van der Waals surface area contributed by atoms with E-state index >= 15 is 0 Å². The fourth-order valence-electron chi connectivity index (χ4n) is 3.66. The van der Waals surface area contributed by atoms with Gasteiger partial charge in [-0.15, -0.1) is 0 Å². The van der Waals surface area contributed by atoms with Gasteiger partial charge in [0.15, 0.2) is 5.65 Å². The van der Waals surface area contributed by atoms with Crippen molar-refractivity contribution in [2.75, 3.05) is 18.0 Å². The monoisotopic (exact) mass is 411 g/mol. The fraction of sp³-hybridized carbons (Fsp3) is 0.421. The van der Waals surface area contributed by atoms with Crippen molar-refractivity contribution in [3.05, 3.63) is 35.0 Å². The quantitative estimate of drug-likeness (QED) is 0.584. The molecule has 0 unspecified atom stereocenters. The summed E-state index contributed by atoms with van der Waals surface area (Å²) < 4.78 is 69.7. The molecule has 0 atom stereocenters. The van der Waals surface area contributed by atoms with E-state index in [9.17, 15) is 22.0 Å². The van der Waals surface area contributed by atoms with Crippen LogP contribution in [0.3, 0.4) is 0 Å². The normalized spacial score (nSPS) is 16.4. The minimum atomic E-state index is -4.96. The number of benzene rings is 1. The molecule has 0 spiro atoms. The largest absolute Gasteiger partial charge is 0.419 e. The number of anilines is 1. The van der Waals surface area contributed by atoms with Crippen molar-refractivity contribution in [1.82, 2.24) is 19.7 Å². The Morgan fingerprint density at radius 2 is 1.76 bits per heavy atom. The molecule has 1 saturated heterocycles. The van der Waals surface area contributed by atoms with Crippen LogP contribution in [-0.4, -0.2) is 32.8 Å². The fourth-order valence-corrected chi connectivity index (χ4v) is 3.66. The van der Waals surface area contributed by atoms with Crippen molar-refractivity contribution >= 4 is 17.0 Å². The maximum atomic E-state index is 14.7. The minimum Gasteiger partial charge on any atom is -0.340 e. The molecular weight excluding hydrogens is 393 g/mol. The van der Waals surface area contributed by atoms with E-state index in [4.69, 9.17) is 0 Å². The molecule has 4 rings (SSSR count). The van der Waals surface area contributed by atoms with E-state index < -0.39 is 34.5 Å². The first-order valence-electron chi connectivity index (χ1n) is 8.90. The number of hydrogen-bond donors (Lipinski definition) is 0. The van der Waals surface area contributed by atoms with Crippen LogP contribution in [0.1, 0.15) is 25.0 Å². The van der Waals surface area contributed by atoms with E-state index in [1.807, 2.05) is 4.90 Å². The lowest BCUT2D eigenvalue weighted by Crippen LogP contribution is -2.53. The molecule has 1 aliphatic rings. The molecule has 1 fully saturated rings. The van der Waals surface area contributed by atoms with E-state index in [0.717, 1.165) is 20.0 Å². The summed E-state index contributed by atoms with van der Waals surface area (Å²) in [5.74, 6) is -2.25. The third-order valence-electron chi connectivity index (χ3n) is 5.07. The van der Waals surface area contributed by atoms with Crippen LogP contribution in [0.5, 0.6) is 0 Å². The Morgan fingerprint density at radius 1 is 1.10 bits per heavy atom. The third kappa shape index (κ3) is 3.10. The van der Waals surface area contributed by atoms with Crippen molar-refractivity contribution in [2.45, 2.75) is 26.9 Å². The Kier molecular flexibility index (Phi) is 4.11. The predicted molar refractivity (Wildman–Crippen MR) is 97.4 cm³/mol. The van der Waals surface area contributed by atoms with Crippen molar-refractivity contribution < 1.29 is 22.0 Å². The molecule has 10 heteroatoms. The maximum absolute atomic E-state index is 14.7. The van der Waals surface area contributed by atoms with Crippen LogP contribution < -0.4 is 4.90 Å². The molecule has 1 aliphatic heterocycles. The summed E-state index contributed by atoms with van der Waals surface area (Å²) in [5.41, 5.74) is -2.25. The Morgan fingerprint density at radius 3 is 2.34 bits per heavy atom. The standard InChI is InChI=1S/C19H18F5N5/c1-9-13(20)10(5-12(14(9)21)19(22,23)24)15-11-6-25-17(26-16(11)28(4)27-15)29-7-18(2,3)8-29/h5-6H,7-8H2,1-4H3. The third-order valence-corrected chi connectivity index (χ3v) is 5.07. The predicted octanol–water partition coefficient (Wildman–Crippen LogP) is 4.48. The lowest BCUT2D eigenvalue weighted by atomic mass is 9.85. The second-order valence-corrected chi connectivity index (χ2v) is 8.12. The van der Waals surface area contributed by atoms with Crippen LogP contribution in [0.15, 0.2) is 12.3 Å². The van der Waals surface area contributed by atoms with E-state index in [1.165, 1.54) is 10.9 Å². The van der Waals surface area contributed by atoms with Gasteiger partial charge in [0.05, 0.1) is 10.9 Å². The molecule has 2 aromatic heterocycles. The van der Waals surface area contributed by atoms with Gasteiger partial charge in [0.25, 0.3) is 0 Å².